The number of nitrogen functional groups attached to an aromatic ring is 1. The van der Waals surface area contributed by atoms with E-state index in [4.69, 9.17) is 5.73 Å². The van der Waals surface area contributed by atoms with Gasteiger partial charge in [0.25, 0.3) is 0 Å². The van der Waals surface area contributed by atoms with Crippen molar-refractivity contribution in [2.45, 2.75) is 6.92 Å². The van der Waals surface area contributed by atoms with Crippen molar-refractivity contribution in [2.75, 3.05) is 11.1 Å². The molecular formula is C11H10Br2N4. The first-order chi connectivity index (χ1) is 8.06. The zero-order valence-electron chi connectivity index (χ0n) is 9.04. The Morgan fingerprint density at radius 1 is 1.29 bits per heavy atom. The predicted octanol–water partition coefficient (Wildman–Crippen LogP) is 3.64. The highest BCUT2D eigenvalue weighted by molar-refractivity contribution is 9.11. The second kappa shape index (κ2) is 5.01. The van der Waals surface area contributed by atoms with E-state index >= 15 is 0 Å². The molecule has 88 valence electrons. The van der Waals surface area contributed by atoms with Gasteiger partial charge in [-0.2, -0.15) is 4.98 Å². The van der Waals surface area contributed by atoms with Crippen molar-refractivity contribution >= 4 is 49.3 Å². The molecule has 0 saturated heterocycles. The fourth-order valence-corrected chi connectivity index (χ4v) is 2.45. The third kappa shape index (κ3) is 2.95. The third-order valence-electron chi connectivity index (χ3n) is 2.17. The Morgan fingerprint density at radius 3 is 2.76 bits per heavy atom. The lowest BCUT2D eigenvalue weighted by molar-refractivity contribution is 1.15. The molecule has 6 heteroatoms. The van der Waals surface area contributed by atoms with Gasteiger partial charge in [0.1, 0.15) is 5.82 Å². The fourth-order valence-electron chi connectivity index (χ4n) is 1.30. The van der Waals surface area contributed by atoms with Crippen LogP contribution in [-0.2, 0) is 0 Å². The Kier molecular flexibility index (Phi) is 3.63. The maximum absolute atomic E-state index is 5.56. The highest BCUT2D eigenvalue weighted by Gasteiger charge is 2.05. The van der Waals surface area contributed by atoms with Gasteiger partial charge in [-0.05, 0) is 41.1 Å². The largest absolute Gasteiger partial charge is 0.368 e. The molecule has 1 aromatic heterocycles. The summed E-state index contributed by atoms with van der Waals surface area (Å²) in [5.41, 5.74) is 7.43. The molecular weight excluding hydrogens is 348 g/mol. The highest BCUT2D eigenvalue weighted by atomic mass is 79.9. The summed E-state index contributed by atoms with van der Waals surface area (Å²) < 4.78 is 1.96. The van der Waals surface area contributed by atoms with Crippen molar-refractivity contribution < 1.29 is 0 Å². The van der Waals surface area contributed by atoms with Gasteiger partial charge < -0.3 is 11.1 Å². The van der Waals surface area contributed by atoms with Crippen LogP contribution in [0.1, 0.15) is 5.56 Å². The van der Waals surface area contributed by atoms with E-state index in [-0.39, 0.29) is 5.95 Å². The van der Waals surface area contributed by atoms with Crippen LogP contribution in [0.25, 0.3) is 0 Å². The molecule has 0 saturated carbocycles. The van der Waals surface area contributed by atoms with E-state index < -0.39 is 0 Å². The number of rotatable bonds is 2. The third-order valence-corrected chi connectivity index (χ3v) is 3.32. The summed E-state index contributed by atoms with van der Waals surface area (Å²) >= 11 is 6.88. The molecule has 0 aliphatic heterocycles. The van der Waals surface area contributed by atoms with Crippen LogP contribution in [0.15, 0.2) is 33.3 Å². The maximum atomic E-state index is 5.56. The van der Waals surface area contributed by atoms with Crippen LogP contribution < -0.4 is 11.1 Å². The normalized spacial score (nSPS) is 10.3. The topological polar surface area (TPSA) is 63.8 Å². The Bertz CT molecular complexity index is 557. The summed E-state index contributed by atoms with van der Waals surface area (Å²) in [6, 6.07) is 5.86. The minimum absolute atomic E-state index is 0.256. The van der Waals surface area contributed by atoms with E-state index in [1.165, 1.54) is 0 Å². The molecule has 0 aliphatic rings. The number of nitrogens with one attached hydrogen (secondary N) is 1. The van der Waals surface area contributed by atoms with Gasteiger partial charge in [0.15, 0.2) is 0 Å². The number of benzene rings is 1. The molecule has 0 atom stereocenters. The van der Waals surface area contributed by atoms with Crippen molar-refractivity contribution in [2.24, 2.45) is 0 Å². The van der Waals surface area contributed by atoms with Crippen LogP contribution in [0.5, 0.6) is 0 Å². The van der Waals surface area contributed by atoms with Gasteiger partial charge in [-0.15, -0.1) is 0 Å². The van der Waals surface area contributed by atoms with Crippen molar-refractivity contribution in [3.8, 4) is 0 Å². The van der Waals surface area contributed by atoms with E-state index in [9.17, 15) is 0 Å². The van der Waals surface area contributed by atoms with Crippen LogP contribution in [-0.4, -0.2) is 9.97 Å². The molecule has 4 nitrogen and oxygen atoms in total. The Hall–Kier alpha value is -1.14. The van der Waals surface area contributed by atoms with Gasteiger partial charge in [-0.3, -0.25) is 0 Å². The molecule has 3 N–H and O–H groups in total. The van der Waals surface area contributed by atoms with Gasteiger partial charge >= 0.3 is 0 Å². The number of hydrogen-bond acceptors (Lipinski definition) is 4. The smallest absolute Gasteiger partial charge is 0.221 e. The van der Waals surface area contributed by atoms with Crippen LogP contribution in [0.3, 0.4) is 0 Å². The lowest BCUT2D eigenvalue weighted by Gasteiger charge is -2.10. The zero-order valence-corrected chi connectivity index (χ0v) is 12.2. The van der Waals surface area contributed by atoms with Gasteiger partial charge in [-0.1, -0.05) is 15.9 Å². The molecule has 0 radical (unpaired) electrons. The summed E-state index contributed by atoms with van der Waals surface area (Å²) in [6.45, 7) is 1.93. The zero-order chi connectivity index (χ0) is 12.4. The van der Waals surface area contributed by atoms with Gasteiger partial charge in [-0.25, -0.2) is 4.98 Å². The second-order valence-electron chi connectivity index (χ2n) is 3.51. The fraction of sp³-hybridized carbons (Fsp3) is 0.0909. The SMILES string of the molecule is Cc1cnc(N)nc1Nc1ccc(Br)cc1Br. The van der Waals surface area contributed by atoms with Crippen molar-refractivity contribution in [1.29, 1.82) is 0 Å². The number of aryl methyl sites for hydroxylation is 1. The molecule has 2 rings (SSSR count). The first kappa shape index (κ1) is 12.3. The summed E-state index contributed by atoms with van der Waals surface area (Å²) in [5, 5.41) is 3.21. The summed E-state index contributed by atoms with van der Waals surface area (Å²) in [4.78, 5) is 8.08. The molecule has 0 bridgehead atoms. The number of nitrogens with two attached hydrogens (primary N) is 1. The number of hydrogen-bond donors (Lipinski definition) is 2. The predicted molar refractivity (Wildman–Crippen MR) is 76.3 cm³/mol. The van der Waals surface area contributed by atoms with E-state index in [1.807, 2.05) is 25.1 Å². The summed E-state index contributed by atoms with van der Waals surface area (Å²) in [7, 11) is 0. The number of anilines is 3. The first-order valence-electron chi connectivity index (χ1n) is 4.87. The monoisotopic (exact) mass is 356 g/mol. The quantitative estimate of drug-likeness (QED) is 0.861. The van der Waals surface area contributed by atoms with E-state index in [0.717, 1.165) is 20.2 Å². The van der Waals surface area contributed by atoms with E-state index in [0.29, 0.717) is 5.82 Å². The Morgan fingerprint density at radius 2 is 2.06 bits per heavy atom. The molecule has 2 aromatic rings. The molecule has 0 fully saturated rings. The van der Waals surface area contributed by atoms with Gasteiger partial charge in [0.05, 0.1) is 5.69 Å². The molecule has 1 heterocycles. The van der Waals surface area contributed by atoms with Crippen LogP contribution in [0.2, 0.25) is 0 Å². The van der Waals surface area contributed by atoms with Gasteiger partial charge in [0.2, 0.25) is 5.95 Å². The average Bonchev–Trinajstić information content (AvgIpc) is 2.27. The summed E-state index contributed by atoms with van der Waals surface area (Å²) in [5.74, 6) is 0.965. The lowest BCUT2D eigenvalue weighted by atomic mass is 10.3. The van der Waals surface area contributed by atoms with Crippen LogP contribution >= 0.6 is 31.9 Å². The van der Waals surface area contributed by atoms with Crippen molar-refractivity contribution in [1.82, 2.24) is 9.97 Å². The van der Waals surface area contributed by atoms with E-state index in [1.54, 1.807) is 6.20 Å². The minimum atomic E-state index is 0.256. The highest BCUT2D eigenvalue weighted by Crippen LogP contribution is 2.29. The lowest BCUT2D eigenvalue weighted by Crippen LogP contribution is -2.02. The Labute approximate surface area is 116 Å². The van der Waals surface area contributed by atoms with Crippen LogP contribution in [0.4, 0.5) is 17.5 Å². The summed E-state index contributed by atoms with van der Waals surface area (Å²) in [6.07, 6.45) is 1.69. The first-order valence-corrected chi connectivity index (χ1v) is 6.46. The van der Waals surface area contributed by atoms with Gasteiger partial charge in [0, 0.05) is 20.7 Å². The number of halogens is 2. The minimum Gasteiger partial charge on any atom is -0.368 e. The van der Waals surface area contributed by atoms with Crippen LogP contribution in [0, 0.1) is 6.92 Å². The number of aromatic nitrogens is 2. The standard InChI is InChI=1S/C11H10Br2N4/c1-6-5-15-11(14)17-10(6)16-9-3-2-7(12)4-8(9)13/h2-5H,1H3,(H3,14,15,16,17). The molecule has 17 heavy (non-hydrogen) atoms. The molecule has 0 amide bonds. The van der Waals surface area contributed by atoms with E-state index in [2.05, 4.69) is 47.1 Å². The average molecular weight is 358 g/mol. The Balaban J connectivity index is 2.34. The molecule has 0 aliphatic carbocycles. The number of nitrogens with zero attached hydrogens (tertiary/aromatic N) is 2. The van der Waals surface area contributed by atoms with Crippen molar-refractivity contribution in [3.05, 3.63) is 38.9 Å². The molecule has 0 unspecified atom stereocenters. The van der Waals surface area contributed by atoms with Crippen molar-refractivity contribution in [3.63, 3.8) is 0 Å². The molecule has 1 aromatic carbocycles. The maximum Gasteiger partial charge on any atom is 0.221 e. The second-order valence-corrected chi connectivity index (χ2v) is 5.28. The molecule has 0 spiro atoms.